The van der Waals surface area contributed by atoms with Crippen LogP contribution in [-0.4, -0.2) is 22.3 Å². The highest BCUT2D eigenvalue weighted by Gasteiger charge is 2.04. The van der Waals surface area contributed by atoms with Crippen molar-refractivity contribution in [3.05, 3.63) is 36.7 Å². The van der Waals surface area contributed by atoms with Gasteiger partial charge in [-0.2, -0.15) is 5.10 Å². The summed E-state index contributed by atoms with van der Waals surface area (Å²) in [5.41, 5.74) is 6.85. The summed E-state index contributed by atoms with van der Waals surface area (Å²) in [6.45, 7) is 2.49. The molecule has 0 fully saturated rings. The highest BCUT2D eigenvalue weighted by atomic mass is 16.5. The zero-order chi connectivity index (χ0) is 13.7. The Morgan fingerprint density at radius 3 is 2.95 bits per heavy atom. The van der Waals surface area contributed by atoms with Gasteiger partial charge in [0.2, 0.25) is 5.91 Å². The van der Waals surface area contributed by atoms with E-state index in [1.165, 1.54) is 6.92 Å². The van der Waals surface area contributed by atoms with E-state index in [1.54, 1.807) is 23.1 Å². The minimum atomic E-state index is -0.129. The molecule has 1 heterocycles. The van der Waals surface area contributed by atoms with E-state index in [-0.39, 0.29) is 5.91 Å². The number of amides is 1. The monoisotopic (exact) mass is 260 g/mol. The van der Waals surface area contributed by atoms with Gasteiger partial charge < -0.3 is 15.8 Å². The number of nitrogens with zero attached hydrogens (tertiary/aromatic N) is 2. The summed E-state index contributed by atoms with van der Waals surface area (Å²) in [4.78, 5) is 11.1. The third-order valence-electron chi connectivity index (χ3n) is 2.43. The number of benzene rings is 1. The molecule has 100 valence electrons. The minimum absolute atomic E-state index is 0.129. The molecule has 6 heteroatoms. The molecular formula is C13H16N4O2. The standard InChI is InChI=1S/C13H16N4O2/c1-10(18)16-12-4-2-3-5-13(12)19-7-6-17-9-11(14)8-15-17/h2-5,8-9H,6-7,14H2,1H3,(H,16,18). The maximum atomic E-state index is 11.1. The average molecular weight is 260 g/mol. The van der Waals surface area contributed by atoms with Gasteiger partial charge in [-0.15, -0.1) is 0 Å². The molecule has 1 aromatic carbocycles. The van der Waals surface area contributed by atoms with E-state index < -0.39 is 0 Å². The van der Waals surface area contributed by atoms with Crippen molar-refractivity contribution >= 4 is 17.3 Å². The summed E-state index contributed by atoms with van der Waals surface area (Å²) in [6, 6.07) is 7.30. The van der Waals surface area contributed by atoms with Crippen LogP contribution in [0.15, 0.2) is 36.7 Å². The number of carbonyl (C=O) groups is 1. The van der Waals surface area contributed by atoms with Crippen molar-refractivity contribution in [2.24, 2.45) is 0 Å². The third kappa shape index (κ3) is 3.74. The Bertz CT molecular complexity index is 565. The number of carbonyl (C=O) groups excluding carboxylic acids is 1. The maximum absolute atomic E-state index is 11.1. The van der Waals surface area contributed by atoms with Gasteiger partial charge >= 0.3 is 0 Å². The molecule has 0 atom stereocenters. The molecular weight excluding hydrogens is 244 g/mol. The minimum Gasteiger partial charge on any atom is -0.489 e. The maximum Gasteiger partial charge on any atom is 0.221 e. The third-order valence-corrected chi connectivity index (χ3v) is 2.43. The van der Waals surface area contributed by atoms with Crippen LogP contribution in [0, 0.1) is 0 Å². The van der Waals surface area contributed by atoms with E-state index in [0.29, 0.717) is 30.3 Å². The smallest absolute Gasteiger partial charge is 0.221 e. The highest BCUT2D eigenvalue weighted by Crippen LogP contribution is 2.23. The second-order valence-electron chi connectivity index (χ2n) is 4.06. The summed E-state index contributed by atoms with van der Waals surface area (Å²) in [5, 5.41) is 6.78. The molecule has 2 aromatic rings. The number of anilines is 2. The van der Waals surface area contributed by atoms with Crippen molar-refractivity contribution in [2.75, 3.05) is 17.7 Å². The Morgan fingerprint density at radius 1 is 1.47 bits per heavy atom. The number of nitrogens with two attached hydrogens (primary N) is 1. The molecule has 1 amide bonds. The molecule has 3 N–H and O–H groups in total. The number of para-hydroxylation sites is 2. The summed E-state index contributed by atoms with van der Waals surface area (Å²) in [7, 11) is 0. The largest absolute Gasteiger partial charge is 0.489 e. The van der Waals surface area contributed by atoms with Crippen molar-refractivity contribution < 1.29 is 9.53 Å². The fraction of sp³-hybridized carbons (Fsp3) is 0.231. The summed E-state index contributed by atoms with van der Waals surface area (Å²) in [6.07, 6.45) is 3.33. The van der Waals surface area contributed by atoms with E-state index in [9.17, 15) is 4.79 Å². The van der Waals surface area contributed by atoms with Crippen molar-refractivity contribution in [3.63, 3.8) is 0 Å². The van der Waals surface area contributed by atoms with Crippen LogP contribution < -0.4 is 15.8 Å². The van der Waals surface area contributed by atoms with Gasteiger partial charge in [0.15, 0.2) is 0 Å². The number of hydrogen-bond acceptors (Lipinski definition) is 4. The van der Waals surface area contributed by atoms with E-state index in [2.05, 4.69) is 10.4 Å². The Hall–Kier alpha value is -2.50. The second kappa shape index (κ2) is 5.90. The predicted octanol–water partition coefficient (Wildman–Crippen LogP) is 1.50. The first kappa shape index (κ1) is 12.9. The molecule has 0 spiro atoms. The first-order valence-electron chi connectivity index (χ1n) is 5.92. The lowest BCUT2D eigenvalue weighted by molar-refractivity contribution is -0.114. The Balaban J connectivity index is 1.93. The molecule has 2 rings (SSSR count). The summed E-state index contributed by atoms with van der Waals surface area (Å²) in [5.74, 6) is 0.508. The average Bonchev–Trinajstić information content (AvgIpc) is 2.77. The molecule has 0 bridgehead atoms. The Kier molecular flexibility index (Phi) is 4.02. The molecule has 0 radical (unpaired) electrons. The quantitative estimate of drug-likeness (QED) is 0.853. The van der Waals surface area contributed by atoms with Gasteiger partial charge in [0.05, 0.1) is 24.1 Å². The van der Waals surface area contributed by atoms with Crippen LogP contribution in [0.1, 0.15) is 6.92 Å². The van der Waals surface area contributed by atoms with Crippen LogP contribution >= 0.6 is 0 Å². The van der Waals surface area contributed by atoms with E-state index in [4.69, 9.17) is 10.5 Å². The molecule has 0 saturated carbocycles. The van der Waals surface area contributed by atoms with E-state index >= 15 is 0 Å². The van der Waals surface area contributed by atoms with E-state index in [0.717, 1.165) is 0 Å². The molecule has 1 aromatic heterocycles. The Morgan fingerprint density at radius 2 is 2.26 bits per heavy atom. The molecule has 0 aliphatic rings. The van der Waals surface area contributed by atoms with Gasteiger partial charge in [-0.1, -0.05) is 12.1 Å². The van der Waals surface area contributed by atoms with Gasteiger partial charge in [-0.3, -0.25) is 9.48 Å². The fourth-order valence-electron chi connectivity index (χ4n) is 1.64. The molecule has 6 nitrogen and oxygen atoms in total. The number of ether oxygens (including phenoxy) is 1. The first-order valence-corrected chi connectivity index (χ1v) is 5.92. The van der Waals surface area contributed by atoms with Crippen molar-refractivity contribution in [1.82, 2.24) is 9.78 Å². The zero-order valence-electron chi connectivity index (χ0n) is 10.7. The molecule has 19 heavy (non-hydrogen) atoms. The number of nitrogens with one attached hydrogen (secondary N) is 1. The summed E-state index contributed by atoms with van der Waals surface area (Å²) < 4.78 is 7.34. The predicted molar refractivity (Wildman–Crippen MR) is 72.9 cm³/mol. The summed E-state index contributed by atoms with van der Waals surface area (Å²) >= 11 is 0. The Labute approximate surface area is 111 Å². The van der Waals surface area contributed by atoms with Crippen LogP contribution in [0.3, 0.4) is 0 Å². The van der Waals surface area contributed by atoms with Crippen molar-refractivity contribution in [3.8, 4) is 5.75 Å². The lowest BCUT2D eigenvalue weighted by Gasteiger charge is -2.11. The highest BCUT2D eigenvalue weighted by molar-refractivity contribution is 5.90. The van der Waals surface area contributed by atoms with Crippen LogP contribution in [0.2, 0.25) is 0 Å². The van der Waals surface area contributed by atoms with Gasteiger partial charge in [0.25, 0.3) is 0 Å². The number of nitrogen functional groups attached to an aromatic ring is 1. The molecule has 0 aliphatic heterocycles. The van der Waals surface area contributed by atoms with Crippen LogP contribution in [0.25, 0.3) is 0 Å². The number of hydrogen-bond donors (Lipinski definition) is 2. The van der Waals surface area contributed by atoms with Crippen molar-refractivity contribution in [1.29, 1.82) is 0 Å². The van der Waals surface area contributed by atoms with Crippen molar-refractivity contribution in [2.45, 2.75) is 13.5 Å². The second-order valence-corrected chi connectivity index (χ2v) is 4.06. The van der Waals surface area contributed by atoms with Crippen LogP contribution in [-0.2, 0) is 11.3 Å². The molecule has 0 saturated heterocycles. The van der Waals surface area contributed by atoms with Gasteiger partial charge in [0.1, 0.15) is 12.4 Å². The van der Waals surface area contributed by atoms with Crippen LogP contribution in [0.4, 0.5) is 11.4 Å². The molecule has 0 aliphatic carbocycles. The molecule has 0 unspecified atom stereocenters. The number of aromatic nitrogens is 2. The topological polar surface area (TPSA) is 82.2 Å². The first-order chi connectivity index (χ1) is 9.15. The van der Waals surface area contributed by atoms with Gasteiger partial charge in [0, 0.05) is 13.1 Å². The normalized spacial score (nSPS) is 10.2. The fourth-order valence-corrected chi connectivity index (χ4v) is 1.64. The van der Waals surface area contributed by atoms with E-state index in [1.807, 2.05) is 18.2 Å². The number of rotatable bonds is 5. The lowest BCUT2D eigenvalue weighted by atomic mass is 10.3. The van der Waals surface area contributed by atoms with Crippen LogP contribution in [0.5, 0.6) is 5.75 Å². The zero-order valence-corrected chi connectivity index (χ0v) is 10.7. The lowest BCUT2D eigenvalue weighted by Crippen LogP contribution is -2.11. The van der Waals surface area contributed by atoms with Gasteiger partial charge in [-0.25, -0.2) is 0 Å². The van der Waals surface area contributed by atoms with Gasteiger partial charge in [-0.05, 0) is 12.1 Å². The SMILES string of the molecule is CC(=O)Nc1ccccc1OCCn1cc(N)cn1.